The molecule has 5 heteroatoms. The van der Waals surface area contributed by atoms with E-state index in [-0.39, 0.29) is 29.4 Å². The van der Waals surface area contributed by atoms with Crippen molar-refractivity contribution in [2.75, 3.05) is 7.11 Å². The zero-order valence-corrected chi connectivity index (χ0v) is 16.3. The van der Waals surface area contributed by atoms with Crippen LogP contribution in [0.25, 0.3) is 0 Å². The minimum atomic E-state index is -0.991. The van der Waals surface area contributed by atoms with Gasteiger partial charge in [0.25, 0.3) is 0 Å². The number of carbonyl (C=O) groups excluding carboxylic acids is 1. The first kappa shape index (κ1) is 21.0. The Hall–Kier alpha value is -2.04. The molecule has 0 amide bonds. The highest BCUT2D eigenvalue weighted by Crippen LogP contribution is 2.41. The summed E-state index contributed by atoms with van der Waals surface area (Å²) in [5, 5.41) is 20.4. The number of hydrogen-bond acceptors (Lipinski definition) is 4. The standard InChI is InChI=1S/C20H30O5/c1-19(2,3)14-10-12(11-15(17(14)22)20(4,5)6)13(18(23)24)8-9-16(21)25-7/h10-11,13,22H,8-9H2,1-7H3,(H,23,24). The number of carbonyl (C=O) groups is 2. The molecule has 0 radical (unpaired) electrons. The van der Waals surface area contributed by atoms with Crippen molar-refractivity contribution in [2.45, 2.75) is 71.1 Å². The van der Waals surface area contributed by atoms with E-state index >= 15 is 0 Å². The van der Waals surface area contributed by atoms with Crippen molar-refractivity contribution in [1.29, 1.82) is 0 Å². The summed E-state index contributed by atoms with van der Waals surface area (Å²) in [6, 6.07) is 3.50. The van der Waals surface area contributed by atoms with Crippen LogP contribution in [-0.4, -0.2) is 29.3 Å². The topological polar surface area (TPSA) is 83.8 Å². The molecule has 1 aromatic carbocycles. The number of carboxylic acids is 1. The van der Waals surface area contributed by atoms with Crippen LogP contribution in [0.3, 0.4) is 0 Å². The van der Waals surface area contributed by atoms with Crippen molar-refractivity contribution in [3.63, 3.8) is 0 Å². The Labute approximate surface area is 150 Å². The van der Waals surface area contributed by atoms with Gasteiger partial charge in [0.2, 0.25) is 0 Å². The van der Waals surface area contributed by atoms with Crippen molar-refractivity contribution < 1.29 is 24.5 Å². The molecule has 2 N–H and O–H groups in total. The summed E-state index contributed by atoms with van der Waals surface area (Å²) in [4.78, 5) is 23.2. The van der Waals surface area contributed by atoms with Gasteiger partial charge in [-0.3, -0.25) is 9.59 Å². The van der Waals surface area contributed by atoms with Crippen molar-refractivity contribution >= 4 is 11.9 Å². The van der Waals surface area contributed by atoms with Crippen LogP contribution < -0.4 is 0 Å². The average Bonchev–Trinajstić information content (AvgIpc) is 2.45. The van der Waals surface area contributed by atoms with E-state index in [2.05, 4.69) is 4.74 Å². The van der Waals surface area contributed by atoms with Crippen LogP contribution in [0, 0.1) is 0 Å². The molecule has 1 atom stereocenters. The Bertz CT molecular complexity index is 612. The van der Waals surface area contributed by atoms with Crippen LogP contribution in [0.1, 0.15) is 77.0 Å². The fourth-order valence-corrected chi connectivity index (χ4v) is 2.80. The van der Waals surface area contributed by atoms with Gasteiger partial charge < -0.3 is 14.9 Å². The van der Waals surface area contributed by atoms with E-state index in [1.807, 2.05) is 41.5 Å². The molecule has 0 aromatic heterocycles. The third-order valence-electron chi connectivity index (χ3n) is 4.31. The minimum absolute atomic E-state index is 0.0318. The molecule has 5 nitrogen and oxygen atoms in total. The summed E-state index contributed by atoms with van der Waals surface area (Å²) >= 11 is 0. The average molecular weight is 350 g/mol. The summed E-state index contributed by atoms with van der Waals surface area (Å²) in [5.41, 5.74) is 1.33. The third kappa shape index (κ3) is 5.21. The smallest absolute Gasteiger partial charge is 0.310 e. The Morgan fingerprint density at radius 3 is 1.80 bits per heavy atom. The molecule has 0 aliphatic heterocycles. The Morgan fingerprint density at radius 2 is 1.48 bits per heavy atom. The van der Waals surface area contributed by atoms with E-state index in [0.717, 1.165) is 0 Å². The van der Waals surface area contributed by atoms with Gasteiger partial charge in [-0.1, -0.05) is 53.7 Å². The zero-order valence-electron chi connectivity index (χ0n) is 16.3. The van der Waals surface area contributed by atoms with Crippen LogP contribution in [0.2, 0.25) is 0 Å². The number of rotatable bonds is 5. The number of benzene rings is 1. The summed E-state index contributed by atoms with van der Waals surface area (Å²) < 4.78 is 4.62. The number of aromatic hydroxyl groups is 1. The van der Waals surface area contributed by atoms with Gasteiger partial charge in [0.05, 0.1) is 13.0 Å². The number of phenols is 1. The predicted octanol–water partition coefficient (Wildman–Crippen LogP) is 4.11. The van der Waals surface area contributed by atoms with E-state index in [9.17, 15) is 19.8 Å². The lowest BCUT2D eigenvalue weighted by molar-refractivity contribution is -0.142. The van der Waals surface area contributed by atoms with E-state index < -0.39 is 17.9 Å². The van der Waals surface area contributed by atoms with Gasteiger partial charge in [-0.2, -0.15) is 0 Å². The maximum absolute atomic E-state index is 11.8. The van der Waals surface area contributed by atoms with Crippen LogP contribution in [0.5, 0.6) is 5.75 Å². The second-order valence-electron chi connectivity index (χ2n) is 8.47. The van der Waals surface area contributed by atoms with E-state index in [4.69, 9.17) is 0 Å². The molecule has 0 saturated carbocycles. The highest BCUT2D eigenvalue weighted by atomic mass is 16.5. The molecule has 0 fully saturated rings. The monoisotopic (exact) mass is 350 g/mol. The Morgan fingerprint density at radius 1 is 1.04 bits per heavy atom. The van der Waals surface area contributed by atoms with Crippen LogP contribution >= 0.6 is 0 Å². The largest absolute Gasteiger partial charge is 0.507 e. The summed E-state index contributed by atoms with van der Waals surface area (Å²) in [5.74, 6) is -2.05. The SMILES string of the molecule is COC(=O)CCC(C(=O)O)c1cc(C(C)(C)C)c(O)c(C(C)(C)C)c1. The quantitative estimate of drug-likeness (QED) is 0.781. The van der Waals surface area contributed by atoms with Gasteiger partial charge >= 0.3 is 11.9 Å². The number of carboxylic acid groups (broad SMARTS) is 1. The second kappa shape index (κ2) is 7.46. The molecule has 25 heavy (non-hydrogen) atoms. The van der Waals surface area contributed by atoms with E-state index in [1.54, 1.807) is 12.1 Å². The lowest BCUT2D eigenvalue weighted by Crippen LogP contribution is -2.20. The number of hydrogen-bond donors (Lipinski definition) is 2. The normalized spacial score (nSPS) is 13.4. The van der Waals surface area contributed by atoms with Gasteiger partial charge in [0.1, 0.15) is 5.75 Å². The maximum Gasteiger partial charge on any atom is 0.310 e. The Balaban J connectivity index is 3.50. The van der Waals surface area contributed by atoms with E-state index in [1.165, 1.54) is 7.11 Å². The predicted molar refractivity (Wildman–Crippen MR) is 97.1 cm³/mol. The van der Waals surface area contributed by atoms with Crippen molar-refractivity contribution in [1.82, 2.24) is 0 Å². The molecule has 140 valence electrons. The second-order valence-corrected chi connectivity index (χ2v) is 8.47. The van der Waals surface area contributed by atoms with Crippen molar-refractivity contribution in [2.24, 2.45) is 0 Å². The van der Waals surface area contributed by atoms with Crippen LogP contribution in [-0.2, 0) is 25.2 Å². The molecular formula is C20H30O5. The number of aliphatic carboxylic acids is 1. The van der Waals surface area contributed by atoms with Gasteiger partial charge in [0, 0.05) is 6.42 Å². The van der Waals surface area contributed by atoms with Gasteiger partial charge in [-0.05, 0) is 33.9 Å². The number of esters is 1. The molecule has 0 spiro atoms. The molecule has 1 aromatic rings. The fraction of sp³-hybridized carbons (Fsp3) is 0.600. The zero-order chi connectivity index (χ0) is 19.6. The van der Waals surface area contributed by atoms with Crippen molar-refractivity contribution in [3.05, 3.63) is 28.8 Å². The third-order valence-corrected chi connectivity index (χ3v) is 4.31. The fourth-order valence-electron chi connectivity index (χ4n) is 2.80. The van der Waals surface area contributed by atoms with Crippen LogP contribution in [0.4, 0.5) is 0 Å². The highest BCUT2D eigenvalue weighted by Gasteiger charge is 2.30. The molecule has 1 unspecified atom stereocenters. The van der Waals surface area contributed by atoms with Gasteiger partial charge in [0.15, 0.2) is 0 Å². The number of phenolic OH excluding ortho intramolecular Hbond substituents is 1. The first-order valence-corrected chi connectivity index (χ1v) is 8.46. The molecule has 0 heterocycles. The molecule has 0 aliphatic carbocycles. The summed E-state index contributed by atoms with van der Waals surface area (Å²) in [7, 11) is 1.29. The summed E-state index contributed by atoms with van der Waals surface area (Å²) in [6.07, 6.45) is 0.185. The lowest BCUT2D eigenvalue weighted by atomic mass is 9.76. The first-order valence-electron chi connectivity index (χ1n) is 8.46. The number of ether oxygens (including phenoxy) is 1. The highest BCUT2D eigenvalue weighted by molar-refractivity contribution is 5.78. The van der Waals surface area contributed by atoms with Crippen molar-refractivity contribution in [3.8, 4) is 5.75 Å². The lowest BCUT2D eigenvalue weighted by Gasteiger charge is -2.29. The van der Waals surface area contributed by atoms with Gasteiger partial charge in [-0.15, -0.1) is 0 Å². The molecule has 0 saturated heterocycles. The summed E-state index contributed by atoms with van der Waals surface area (Å²) in [6.45, 7) is 11.8. The molecular weight excluding hydrogens is 320 g/mol. The molecule has 0 bridgehead atoms. The van der Waals surface area contributed by atoms with Gasteiger partial charge in [-0.25, -0.2) is 0 Å². The van der Waals surface area contributed by atoms with Crippen LogP contribution in [0.15, 0.2) is 12.1 Å². The van der Waals surface area contributed by atoms with E-state index in [0.29, 0.717) is 16.7 Å². The Kier molecular flexibility index (Phi) is 6.27. The molecule has 0 aliphatic rings. The minimum Gasteiger partial charge on any atom is -0.507 e. The maximum atomic E-state index is 11.8. The molecule has 1 rings (SSSR count). The number of methoxy groups -OCH3 is 1. The first-order chi connectivity index (χ1) is 11.3.